The van der Waals surface area contributed by atoms with Crippen molar-refractivity contribution in [2.45, 2.75) is 12.6 Å². The molecule has 2 nitrogen and oxygen atoms in total. The molecule has 0 radical (unpaired) electrons. The lowest BCUT2D eigenvalue weighted by molar-refractivity contribution is -0.197. The van der Waals surface area contributed by atoms with Crippen molar-refractivity contribution in [1.82, 2.24) is 5.32 Å². The van der Waals surface area contributed by atoms with Crippen LogP contribution in [0.5, 0.6) is 0 Å². The molecule has 1 unspecified atom stereocenters. The lowest BCUT2D eigenvalue weighted by atomic mass is 9.79. The Hall–Kier alpha value is -1.07. The molecule has 0 aliphatic carbocycles. The van der Waals surface area contributed by atoms with Crippen LogP contribution in [0, 0.1) is 5.41 Å². The van der Waals surface area contributed by atoms with E-state index in [1.54, 1.807) is 0 Å². The molecule has 0 aromatic heterocycles. The summed E-state index contributed by atoms with van der Waals surface area (Å²) in [7, 11) is 0. The van der Waals surface area contributed by atoms with Crippen molar-refractivity contribution in [2.24, 2.45) is 5.41 Å². The van der Waals surface area contributed by atoms with Gasteiger partial charge in [0.2, 0.25) is 0 Å². The zero-order chi connectivity index (χ0) is 13.4. The molecule has 1 aromatic carbocycles. The van der Waals surface area contributed by atoms with Crippen LogP contribution in [0.1, 0.15) is 16.8 Å². The highest BCUT2D eigenvalue weighted by Crippen LogP contribution is 2.45. The number of ketones is 1. The van der Waals surface area contributed by atoms with Crippen LogP contribution in [0.15, 0.2) is 24.3 Å². The number of benzene rings is 1. The van der Waals surface area contributed by atoms with Gasteiger partial charge in [-0.1, -0.05) is 23.7 Å². The number of carbonyl (C=O) groups excluding carboxylic acids is 1. The largest absolute Gasteiger partial charge is 0.402 e. The highest BCUT2D eigenvalue weighted by molar-refractivity contribution is 6.31. The van der Waals surface area contributed by atoms with Gasteiger partial charge in [-0.05, 0) is 25.1 Å². The summed E-state index contributed by atoms with van der Waals surface area (Å²) in [5.74, 6) is -0.914. The molecule has 2 rings (SSSR count). The van der Waals surface area contributed by atoms with E-state index in [9.17, 15) is 18.0 Å². The molecule has 0 saturated carbocycles. The Labute approximate surface area is 107 Å². The van der Waals surface area contributed by atoms with E-state index >= 15 is 0 Å². The van der Waals surface area contributed by atoms with Crippen molar-refractivity contribution in [3.63, 3.8) is 0 Å². The molecule has 0 bridgehead atoms. The topological polar surface area (TPSA) is 29.1 Å². The number of hydrogen-bond acceptors (Lipinski definition) is 2. The second-order valence-electron chi connectivity index (χ2n) is 4.35. The Kier molecular flexibility index (Phi) is 3.38. The Morgan fingerprint density at radius 1 is 1.39 bits per heavy atom. The number of carbonyl (C=O) groups is 1. The normalized spacial score (nSPS) is 24.2. The minimum atomic E-state index is -4.56. The fraction of sp³-hybridized carbons (Fsp3) is 0.417. The fourth-order valence-electron chi connectivity index (χ4n) is 2.16. The number of alkyl halides is 3. The second-order valence-corrected chi connectivity index (χ2v) is 4.78. The van der Waals surface area contributed by atoms with Crippen LogP contribution >= 0.6 is 11.6 Å². The third kappa shape index (κ3) is 2.12. The van der Waals surface area contributed by atoms with E-state index in [-0.39, 0.29) is 30.1 Å². The first kappa shape index (κ1) is 13.4. The van der Waals surface area contributed by atoms with E-state index in [4.69, 9.17) is 11.6 Å². The molecule has 0 spiro atoms. The van der Waals surface area contributed by atoms with Crippen molar-refractivity contribution in [2.75, 3.05) is 13.1 Å². The number of Topliss-reactive ketones (excluding diaryl/α,β-unsaturated/α-hetero) is 1. The average Bonchev–Trinajstić information content (AvgIpc) is 2.77. The summed E-state index contributed by atoms with van der Waals surface area (Å²) in [6.07, 6.45) is -4.79. The van der Waals surface area contributed by atoms with Gasteiger partial charge >= 0.3 is 6.18 Å². The van der Waals surface area contributed by atoms with Gasteiger partial charge in [0.15, 0.2) is 5.78 Å². The predicted octanol–water partition coefficient (Wildman–Crippen LogP) is 3.06. The molecule has 1 aliphatic rings. The van der Waals surface area contributed by atoms with Crippen molar-refractivity contribution >= 4 is 17.4 Å². The van der Waals surface area contributed by atoms with Crippen molar-refractivity contribution in [1.29, 1.82) is 0 Å². The number of halogens is 4. The Bertz CT molecular complexity index is 467. The molecule has 1 heterocycles. The third-order valence-electron chi connectivity index (χ3n) is 3.22. The minimum absolute atomic E-state index is 0.00326. The summed E-state index contributed by atoms with van der Waals surface area (Å²) in [5, 5.41) is 2.86. The van der Waals surface area contributed by atoms with Crippen LogP contribution in [-0.2, 0) is 0 Å². The molecule has 6 heteroatoms. The smallest absolute Gasteiger partial charge is 0.315 e. The first-order chi connectivity index (χ1) is 8.37. The highest BCUT2D eigenvalue weighted by atomic mass is 35.5. The van der Waals surface area contributed by atoms with E-state index in [0.717, 1.165) is 0 Å². The second kappa shape index (κ2) is 4.55. The Morgan fingerprint density at radius 2 is 2.11 bits per heavy atom. The summed E-state index contributed by atoms with van der Waals surface area (Å²) in [4.78, 5) is 12.1. The summed E-state index contributed by atoms with van der Waals surface area (Å²) in [6, 6.07) is 5.63. The summed E-state index contributed by atoms with van der Waals surface area (Å²) >= 11 is 5.71. The fourth-order valence-corrected chi connectivity index (χ4v) is 2.35. The molecule has 1 atom stereocenters. The molecule has 1 N–H and O–H groups in total. The molecule has 1 fully saturated rings. The van der Waals surface area contributed by atoms with Gasteiger partial charge in [0, 0.05) is 17.1 Å². The first-order valence-corrected chi connectivity index (χ1v) is 5.82. The third-order valence-corrected chi connectivity index (χ3v) is 3.45. The van der Waals surface area contributed by atoms with Gasteiger partial charge < -0.3 is 5.32 Å². The quantitative estimate of drug-likeness (QED) is 0.842. The van der Waals surface area contributed by atoms with Gasteiger partial charge in [-0.25, -0.2) is 0 Å². The summed E-state index contributed by atoms with van der Waals surface area (Å²) < 4.78 is 39.5. The van der Waals surface area contributed by atoms with Gasteiger partial charge in [-0.3, -0.25) is 4.79 Å². The lowest BCUT2D eigenvalue weighted by Gasteiger charge is -2.29. The summed E-state index contributed by atoms with van der Waals surface area (Å²) in [6.45, 7) is -0.187. The lowest BCUT2D eigenvalue weighted by Crippen LogP contribution is -2.46. The molecule has 1 aliphatic heterocycles. The molecule has 98 valence electrons. The molecule has 1 aromatic rings. The molecule has 1 saturated heterocycles. The number of hydrogen-bond donors (Lipinski definition) is 1. The maximum Gasteiger partial charge on any atom is 0.402 e. The van der Waals surface area contributed by atoms with Gasteiger partial charge in [-0.15, -0.1) is 0 Å². The first-order valence-electron chi connectivity index (χ1n) is 5.45. The molecule has 0 amide bonds. The maximum atomic E-state index is 13.2. The SMILES string of the molecule is O=C(c1cccc(Cl)c1)C1(C(F)(F)F)CCNC1. The molecular weight excluding hydrogens is 267 g/mol. The maximum absolute atomic E-state index is 13.2. The average molecular weight is 278 g/mol. The van der Waals surface area contributed by atoms with Crippen molar-refractivity contribution in [3.05, 3.63) is 34.9 Å². The van der Waals surface area contributed by atoms with Crippen LogP contribution in [-0.4, -0.2) is 25.0 Å². The van der Waals surface area contributed by atoms with E-state index in [0.29, 0.717) is 0 Å². The van der Waals surface area contributed by atoms with Crippen LogP contribution < -0.4 is 5.32 Å². The van der Waals surface area contributed by atoms with E-state index < -0.39 is 17.4 Å². The minimum Gasteiger partial charge on any atom is -0.315 e. The predicted molar refractivity (Wildman–Crippen MR) is 61.8 cm³/mol. The number of nitrogens with one attached hydrogen (secondary N) is 1. The zero-order valence-corrected chi connectivity index (χ0v) is 10.1. The van der Waals surface area contributed by atoms with Crippen LogP contribution in [0.4, 0.5) is 13.2 Å². The standard InChI is InChI=1S/C12H11ClF3NO/c13-9-3-1-2-8(6-9)10(18)11(12(14,15)16)4-5-17-7-11/h1-3,6,17H,4-5,7H2. The molecular formula is C12H11ClF3NO. The highest BCUT2D eigenvalue weighted by Gasteiger charge is 2.61. The van der Waals surface area contributed by atoms with Crippen molar-refractivity contribution in [3.8, 4) is 0 Å². The van der Waals surface area contributed by atoms with Gasteiger partial charge in [0.05, 0.1) is 0 Å². The van der Waals surface area contributed by atoms with Crippen LogP contribution in [0.3, 0.4) is 0 Å². The van der Waals surface area contributed by atoms with Crippen LogP contribution in [0.25, 0.3) is 0 Å². The van der Waals surface area contributed by atoms with Gasteiger partial charge in [0.25, 0.3) is 0 Å². The Balaban J connectivity index is 2.42. The monoisotopic (exact) mass is 277 g/mol. The van der Waals surface area contributed by atoms with Crippen molar-refractivity contribution < 1.29 is 18.0 Å². The zero-order valence-electron chi connectivity index (χ0n) is 9.35. The van der Waals surface area contributed by atoms with E-state index in [1.807, 2.05) is 0 Å². The molecule has 18 heavy (non-hydrogen) atoms. The Morgan fingerprint density at radius 3 is 2.61 bits per heavy atom. The number of rotatable bonds is 2. The summed E-state index contributed by atoms with van der Waals surface area (Å²) in [5.41, 5.74) is -2.32. The van der Waals surface area contributed by atoms with E-state index in [2.05, 4.69) is 5.32 Å². The van der Waals surface area contributed by atoms with Gasteiger partial charge in [-0.2, -0.15) is 13.2 Å². The van der Waals surface area contributed by atoms with Gasteiger partial charge in [0.1, 0.15) is 5.41 Å². The van der Waals surface area contributed by atoms with Crippen LogP contribution in [0.2, 0.25) is 5.02 Å². The van der Waals surface area contributed by atoms with E-state index in [1.165, 1.54) is 24.3 Å².